The largest absolute Gasteiger partial charge is 0.381 e. The van der Waals surface area contributed by atoms with Gasteiger partial charge in [0.2, 0.25) is 0 Å². The first-order valence-corrected chi connectivity index (χ1v) is 7.02. The van der Waals surface area contributed by atoms with Crippen molar-refractivity contribution >= 4 is 32.9 Å². The zero-order valence-corrected chi connectivity index (χ0v) is 11.9. The van der Waals surface area contributed by atoms with Crippen molar-refractivity contribution in [2.75, 3.05) is 19.8 Å². The fourth-order valence-corrected chi connectivity index (χ4v) is 2.60. The molecule has 1 fully saturated rings. The Morgan fingerprint density at radius 1 is 1.58 bits per heavy atom. The Morgan fingerprint density at radius 2 is 2.47 bits per heavy atom. The van der Waals surface area contributed by atoms with Crippen LogP contribution in [-0.4, -0.2) is 35.6 Å². The lowest BCUT2D eigenvalue weighted by Crippen LogP contribution is -2.33. The number of halogens is 1. The van der Waals surface area contributed by atoms with E-state index in [1.165, 1.54) is 4.68 Å². The smallest absolute Gasteiger partial charge is 0.342 e. The van der Waals surface area contributed by atoms with E-state index in [-0.39, 0.29) is 6.03 Å². The predicted octanol–water partition coefficient (Wildman–Crippen LogP) is 2.39. The molecule has 0 saturated carbocycles. The highest BCUT2D eigenvalue weighted by Gasteiger charge is 2.17. The van der Waals surface area contributed by atoms with Crippen LogP contribution in [0.4, 0.5) is 4.79 Å². The number of nitrogens with one attached hydrogen (secondary N) is 1. The SMILES string of the molecule is O=C(NCC1CCOC1)n1ncc2cc(Br)ccc21. The van der Waals surface area contributed by atoms with E-state index >= 15 is 0 Å². The molecule has 100 valence electrons. The van der Waals surface area contributed by atoms with Crippen molar-refractivity contribution in [1.82, 2.24) is 15.1 Å². The molecule has 1 aliphatic rings. The monoisotopic (exact) mass is 323 g/mol. The number of ether oxygens (including phenoxy) is 1. The van der Waals surface area contributed by atoms with Gasteiger partial charge in [0, 0.05) is 28.9 Å². The lowest BCUT2D eigenvalue weighted by molar-refractivity contribution is 0.185. The van der Waals surface area contributed by atoms with Crippen LogP contribution >= 0.6 is 15.9 Å². The van der Waals surface area contributed by atoms with Gasteiger partial charge in [0.15, 0.2) is 0 Å². The van der Waals surface area contributed by atoms with Gasteiger partial charge in [0.1, 0.15) is 0 Å². The molecule has 3 rings (SSSR count). The van der Waals surface area contributed by atoms with Crippen molar-refractivity contribution in [2.24, 2.45) is 5.92 Å². The number of nitrogens with zero attached hydrogens (tertiary/aromatic N) is 2. The molecule has 1 atom stereocenters. The van der Waals surface area contributed by atoms with Crippen LogP contribution in [0.15, 0.2) is 28.9 Å². The minimum absolute atomic E-state index is 0.191. The second kappa shape index (κ2) is 5.30. The van der Waals surface area contributed by atoms with Crippen molar-refractivity contribution in [3.8, 4) is 0 Å². The molecule has 1 aromatic carbocycles. The molecule has 5 nitrogen and oxygen atoms in total. The molecule has 19 heavy (non-hydrogen) atoms. The molecule has 1 unspecified atom stereocenters. The van der Waals surface area contributed by atoms with E-state index in [1.807, 2.05) is 18.2 Å². The van der Waals surface area contributed by atoms with E-state index in [1.54, 1.807) is 6.20 Å². The standard InChI is InChI=1S/C13H14BrN3O2/c14-11-1-2-12-10(5-11)7-16-17(12)13(18)15-6-9-3-4-19-8-9/h1-2,5,7,9H,3-4,6,8H2,(H,15,18). The molecule has 1 aromatic heterocycles. The minimum atomic E-state index is -0.191. The van der Waals surface area contributed by atoms with Crippen LogP contribution in [-0.2, 0) is 4.74 Å². The van der Waals surface area contributed by atoms with Crippen LogP contribution in [0.1, 0.15) is 6.42 Å². The van der Waals surface area contributed by atoms with E-state index in [9.17, 15) is 4.79 Å². The molecular weight excluding hydrogens is 310 g/mol. The Labute approximate surface area is 119 Å². The number of rotatable bonds is 2. The summed E-state index contributed by atoms with van der Waals surface area (Å²) in [7, 11) is 0. The van der Waals surface area contributed by atoms with Gasteiger partial charge < -0.3 is 10.1 Å². The van der Waals surface area contributed by atoms with Crippen LogP contribution in [0, 0.1) is 5.92 Å². The maximum Gasteiger partial charge on any atom is 0.342 e. The highest BCUT2D eigenvalue weighted by atomic mass is 79.9. The number of carbonyl (C=O) groups excluding carboxylic acids is 1. The highest BCUT2D eigenvalue weighted by Crippen LogP contribution is 2.19. The number of carbonyl (C=O) groups is 1. The summed E-state index contributed by atoms with van der Waals surface area (Å²) in [6, 6.07) is 5.53. The predicted molar refractivity (Wildman–Crippen MR) is 75.2 cm³/mol. The molecule has 1 amide bonds. The molecule has 0 aliphatic carbocycles. The van der Waals surface area contributed by atoms with Gasteiger partial charge in [-0.05, 0) is 24.6 Å². The van der Waals surface area contributed by atoms with Gasteiger partial charge in [-0.2, -0.15) is 9.78 Å². The van der Waals surface area contributed by atoms with Crippen molar-refractivity contribution in [2.45, 2.75) is 6.42 Å². The second-order valence-electron chi connectivity index (χ2n) is 4.68. The molecule has 0 radical (unpaired) electrons. The van der Waals surface area contributed by atoms with Gasteiger partial charge in [0.05, 0.1) is 18.3 Å². The summed E-state index contributed by atoms with van der Waals surface area (Å²) in [4.78, 5) is 12.1. The number of aromatic nitrogens is 2. The lowest BCUT2D eigenvalue weighted by Gasteiger charge is -2.09. The zero-order valence-electron chi connectivity index (χ0n) is 10.3. The van der Waals surface area contributed by atoms with Gasteiger partial charge in [-0.3, -0.25) is 0 Å². The first-order chi connectivity index (χ1) is 9.24. The third-order valence-corrected chi connectivity index (χ3v) is 3.78. The number of amides is 1. The first-order valence-electron chi connectivity index (χ1n) is 6.23. The summed E-state index contributed by atoms with van der Waals surface area (Å²) in [6.45, 7) is 2.16. The van der Waals surface area contributed by atoms with Crippen LogP contribution in [0.5, 0.6) is 0 Å². The Balaban J connectivity index is 1.74. The number of hydrogen-bond acceptors (Lipinski definition) is 3. The maximum atomic E-state index is 12.1. The molecular formula is C13H14BrN3O2. The van der Waals surface area contributed by atoms with Crippen LogP contribution in [0.3, 0.4) is 0 Å². The minimum Gasteiger partial charge on any atom is -0.381 e. The normalized spacial score (nSPS) is 18.9. The van der Waals surface area contributed by atoms with E-state index in [0.29, 0.717) is 12.5 Å². The number of fused-ring (bicyclic) bond motifs is 1. The van der Waals surface area contributed by atoms with E-state index < -0.39 is 0 Å². The molecule has 2 aromatic rings. The van der Waals surface area contributed by atoms with Crippen molar-refractivity contribution in [3.05, 3.63) is 28.9 Å². The zero-order chi connectivity index (χ0) is 13.2. The van der Waals surface area contributed by atoms with E-state index in [0.717, 1.165) is 35.0 Å². The van der Waals surface area contributed by atoms with Gasteiger partial charge in [-0.15, -0.1) is 0 Å². The average Bonchev–Trinajstić information content (AvgIpc) is 3.04. The highest BCUT2D eigenvalue weighted by molar-refractivity contribution is 9.10. The summed E-state index contributed by atoms with van der Waals surface area (Å²) in [5.41, 5.74) is 0.809. The van der Waals surface area contributed by atoms with Gasteiger partial charge >= 0.3 is 6.03 Å². The lowest BCUT2D eigenvalue weighted by atomic mass is 10.1. The average molecular weight is 324 g/mol. The van der Waals surface area contributed by atoms with E-state index in [2.05, 4.69) is 26.3 Å². The van der Waals surface area contributed by atoms with Crippen LogP contribution < -0.4 is 5.32 Å². The summed E-state index contributed by atoms with van der Waals surface area (Å²) < 4.78 is 7.66. The maximum absolute atomic E-state index is 12.1. The molecule has 1 aliphatic heterocycles. The van der Waals surface area contributed by atoms with Crippen molar-refractivity contribution in [1.29, 1.82) is 0 Å². The van der Waals surface area contributed by atoms with Gasteiger partial charge in [-0.25, -0.2) is 4.79 Å². The van der Waals surface area contributed by atoms with Gasteiger partial charge in [-0.1, -0.05) is 15.9 Å². The summed E-state index contributed by atoms with van der Waals surface area (Å²) in [5.74, 6) is 0.417. The Hall–Kier alpha value is -1.40. The first kappa shape index (κ1) is 12.6. The Bertz CT molecular complexity index is 605. The fourth-order valence-electron chi connectivity index (χ4n) is 2.22. The van der Waals surface area contributed by atoms with Crippen molar-refractivity contribution in [3.63, 3.8) is 0 Å². The molecule has 0 bridgehead atoms. The summed E-state index contributed by atoms with van der Waals surface area (Å²) in [5, 5.41) is 7.98. The summed E-state index contributed by atoms with van der Waals surface area (Å²) >= 11 is 3.40. The van der Waals surface area contributed by atoms with Crippen LogP contribution in [0.25, 0.3) is 10.9 Å². The molecule has 1 N–H and O–H groups in total. The third-order valence-electron chi connectivity index (χ3n) is 3.29. The quantitative estimate of drug-likeness (QED) is 0.923. The van der Waals surface area contributed by atoms with Crippen LogP contribution in [0.2, 0.25) is 0 Å². The second-order valence-corrected chi connectivity index (χ2v) is 5.59. The summed E-state index contributed by atoms with van der Waals surface area (Å²) in [6.07, 6.45) is 2.70. The molecule has 1 saturated heterocycles. The Kier molecular flexibility index (Phi) is 3.52. The fraction of sp³-hybridized carbons (Fsp3) is 0.385. The van der Waals surface area contributed by atoms with Gasteiger partial charge in [0.25, 0.3) is 0 Å². The number of hydrogen-bond donors (Lipinski definition) is 1. The Morgan fingerprint density at radius 3 is 3.26 bits per heavy atom. The molecule has 2 heterocycles. The topological polar surface area (TPSA) is 56.1 Å². The third kappa shape index (κ3) is 2.64. The van der Waals surface area contributed by atoms with Crippen molar-refractivity contribution < 1.29 is 9.53 Å². The molecule has 0 spiro atoms. The molecule has 6 heteroatoms. The number of benzene rings is 1. The van der Waals surface area contributed by atoms with E-state index in [4.69, 9.17) is 4.74 Å².